The minimum absolute atomic E-state index is 0.0199. The number of carbonyl (C=O) groups is 1. The minimum Gasteiger partial charge on any atom is -0.372 e. The van der Waals surface area contributed by atoms with Gasteiger partial charge in [-0.3, -0.25) is 4.79 Å². The summed E-state index contributed by atoms with van der Waals surface area (Å²) in [4.78, 5) is 21.3. The van der Waals surface area contributed by atoms with Crippen LogP contribution in [0.1, 0.15) is 28.0 Å². The van der Waals surface area contributed by atoms with Crippen molar-refractivity contribution in [2.75, 3.05) is 18.5 Å². The van der Waals surface area contributed by atoms with Crippen molar-refractivity contribution < 1.29 is 4.79 Å². The van der Waals surface area contributed by atoms with E-state index in [1.165, 1.54) is 17.0 Å². The molecule has 0 fully saturated rings. The highest BCUT2D eigenvalue weighted by atomic mass is 32.1. The van der Waals surface area contributed by atoms with Gasteiger partial charge in [-0.2, -0.15) is 0 Å². The van der Waals surface area contributed by atoms with Crippen LogP contribution in [0.2, 0.25) is 0 Å². The maximum atomic E-state index is 12.8. The van der Waals surface area contributed by atoms with Crippen LogP contribution in [-0.2, 0) is 13.1 Å². The Morgan fingerprint density at radius 3 is 2.95 bits per heavy atom. The second-order valence-electron chi connectivity index (χ2n) is 5.62. The fourth-order valence-electron chi connectivity index (χ4n) is 2.87. The highest BCUT2D eigenvalue weighted by molar-refractivity contribution is 7.09. The number of carbonyl (C=O) groups excluding carboxylic acids is 1. The summed E-state index contributed by atoms with van der Waals surface area (Å²) in [5.74, 6) is -0.0199. The Balaban J connectivity index is 1.91. The second kappa shape index (κ2) is 6.06. The predicted octanol–water partition coefficient (Wildman–Crippen LogP) is 2.08. The number of nitrogens with two attached hydrogens (primary N) is 1. The topological polar surface area (TPSA) is 62.5 Å². The predicted molar refractivity (Wildman–Crippen MR) is 89.1 cm³/mol. The van der Waals surface area contributed by atoms with Crippen molar-refractivity contribution in [3.05, 3.63) is 45.9 Å². The second-order valence-corrected chi connectivity index (χ2v) is 6.56. The van der Waals surface area contributed by atoms with Crippen LogP contribution in [0.4, 0.5) is 5.69 Å². The lowest BCUT2D eigenvalue weighted by molar-refractivity contribution is 0.0682. The summed E-state index contributed by atoms with van der Waals surface area (Å²) < 4.78 is 0. The molecule has 1 aromatic carbocycles. The van der Waals surface area contributed by atoms with Crippen LogP contribution in [0, 0.1) is 0 Å². The van der Waals surface area contributed by atoms with E-state index in [-0.39, 0.29) is 11.9 Å². The SMILES string of the molecule is C[C@@H]1CN(C)c2ccccc2CN1C(=O)c1csc(CN)n1. The molecule has 0 saturated heterocycles. The molecule has 3 rings (SSSR count). The number of hydrogen-bond donors (Lipinski definition) is 1. The van der Waals surface area contributed by atoms with Crippen molar-refractivity contribution in [1.29, 1.82) is 0 Å². The summed E-state index contributed by atoms with van der Waals surface area (Å²) in [6.07, 6.45) is 0. The third-order valence-electron chi connectivity index (χ3n) is 4.02. The lowest BCUT2D eigenvalue weighted by Gasteiger charge is -2.28. The van der Waals surface area contributed by atoms with Gasteiger partial charge in [-0.05, 0) is 18.6 Å². The van der Waals surface area contributed by atoms with Crippen LogP contribution < -0.4 is 10.6 Å². The van der Waals surface area contributed by atoms with Gasteiger partial charge in [-0.1, -0.05) is 18.2 Å². The van der Waals surface area contributed by atoms with Gasteiger partial charge >= 0.3 is 0 Å². The van der Waals surface area contributed by atoms with Gasteiger partial charge in [0.05, 0.1) is 0 Å². The average molecular weight is 316 g/mol. The maximum absolute atomic E-state index is 12.8. The van der Waals surface area contributed by atoms with Crippen LogP contribution in [0.25, 0.3) is 0 Å². The van der Waals surface area contributed by atoms with Crippen molar-refractivity contribution in [3.63, 3.8) is 0 Å². The Labute approximate surface area is 134 Å². The van der Waals surface area contributed by atoms with E-state index in [0.717, 1.165) is 17.1 Å². The highest BCUT2D eigenvalue weighted by Crippen LogP contribution is 2.27. The van der Waals surface area contributed by atoms with Gasteiger partial charge in [0, 0.05) is 43.8 Å². The molecule has 0 bridgehead atoms. The van der Waals surface area contributed by atoms with Crippen LogP contribution >= 0.6 is 11.3 Å². The molecule has 116 valence electrons. The quantitative estimate of drug-likeness (QED) is 0.921. The van der Waals surface area contributed by atoms with Gasteiger partial charge in [0.15, 0.2) is 0 Å². The number of thiazole rings is 1. The molecule has 1 aliphatic rings. The number of hydrogen-bond acceptors (Lipinski definition) is 5. The van der Waals surface area contributed by atoms with E-state index >= 15 is 0 Å². The van der Waals surface area contributed by atoms with Gasteiger partial charge in [0.2, 0.25) is 0 Å². The standard InChI is InChI=1S/C16H20N4OS/c1-11-8-19(2)14-6-4-3-5-12(14)9-20(11)16(21)13-10-22-15(7-17)18-13/h3-6,10-11H,7-9,17H2,1-2H3/t11-/m1/s1. The molecule has 5 nitrogen and oxygen atoms in total. The first-order valence-electron chi connectivity index (χ1n) is 7.34. The van der Waals surface area contributed by atoms with Crippen molar-refractivity contribution in [1.82, 2.24) is 9.88 Å². The zero-order chi connectivity index (χ0) is 15.7. The van der Waals surface area contributed by atoms with E-state index in [2.05, 4.69) is 36.0 Å². The van der Waals surface area contributed by atoms with Gasteiger partial charge in [-0.25, -0.2) is 4.98 Å². The largest absolute Gasteiger partial charge is 0.372 e. The molecule has 2 N–H and O–H groups in total. The number of benzene rings is 1. The zero-order valence-corrected chi connectivity index (χ0v) is 13.6. The van der Waals surface area contributed by atoms with Crippen molar-refractivity contribution in [2.45, 2.75) is 26.1 Å². The smallest absolute Gasteiger partial charge is 0.273 e. The Morgan fingerprint density at radius 2 is 2.23 bits per heavy atom. The number of para-hydroxylation sites is 1. The molecular weight excluding hydrogens is 296 g/mol. The average Bonchev–Trinajstić information content (AvgIpc) is 2.96. The normalized spacial score (nSPS) is 18.0. The fourth-order valence-corrected chi connectivity index (χ4v) is 3.52. The summed E-state index contributed by atoms with van der Waals surface area (Å²) in [7, 11) is 2.07. The molecule has 1 aliphatic heterocycles. The summed E-state index contributed by atoms with van der Waals surface area (Å²) in [5, 5.41) is 2.60. The number of nitrogens with zero attached hydrogens (tertiary/aromatic N) is 3. The van der Waals surface area contributed by atoms with Crippen molar-refractivity contribution in [2.24, 2.45) is 5.73 Å². The Kier molecular flexibility index (Phi) is 4.13. The Morgan fingerprint density at radius 1 is 1.45 bits per heavy atom. The molecule has 6 heteroatoms. The number of rotatable bonds is 2. The molecule has 1 aromatic heterocycles. The minimum atomic E-state index is -0.0199. The van der Waals surface area contributed by atoms with Crippen LogP contribution in [-0.4, -0.2) is 35.4 Å². The molecule has 0 aliphatic carbocycles. The Hall–Kier alpha value is -1.92. The third kappa shape index (κ3) is 2.71. The van der Waals surface area contributed by atoms with E-state index in [4.69, 9.17) is 5.73 Å². The summed E-state index contributed by atoms with van der Waals surface area (Å²) in [6.45, 7) is 3.86. The fraction of sp³-hybridized carbons (Fsp3) is 0.375. The number of aromatic nitrogens is 1. The van der Waals surface area contributed by atoms with E-state index in [0.29, 0.717) is 18.8 Å². The molecule has 1 amide bonds. The lowest BCUT2D eigenvalue weighted by Crippen LogP contribution is -2.42. The molecule has 2 heterocycles. The molecule has 22 heavy (non-hydrogen) atoms. The van der Waals surface area contributed by atoms with E-state index in [1.807, 2.05) is 17.0 Å². The first kappa shape index (κ1) is 15.0. The molecule has 0 unspecified atom stereocenters. The van der Waals surface area contributed by atoms with Crippen LogP contribution in [0.3, 0.4) is 0 Å². The first-order chi connectivity index (χ1) is 10.6. The lowest BCUT2D eigenvalue weighted by atomic mass is 10.1. The van der Waals surface area contributed by atoms with Crippen molar-refractivity contribution >= 4 is 22.9 Å². The molecule has 2 aromatic rings. The number of fused-ring (bicyclic) bond motifs is 1. The van der Waals surface area contributed by atoms with Gasteiger partial charge in [-0.15, -0.1) is 11.3 Å². The summed E-state index contributed by atoms with van der Waals surface area (Å²) in [5.41, 5.74) is 8.44. The van der Waals surface area contributed by atoms with Crippen LogP contribution in [0.15, 0.2) is 29.6 Å². The van der Waals surface area contributed by atoms with E-state index in [1.54, 1.807) is 5.38 Å². The van der Waals surface area contributed by atoms with Gasteiger partial charge < -0.3 is 15.5 Å². The molecule has 1 atom stereocenters. The highest BCUT2D eigenvalue weighted by Gasteiger charge is 2.28. The van der Waals surface area contributed by atoms with Crippen molar-refractivity contribution in [3.8, 4) is 0 Å². The summed E-state index contributed by atoms with van der Waals surface area (Å²) in [6, 6.07) is 8.35. The van der Waals surface area contributed by atoms with E-state index < -0.39 is 0 Å². The van der Waals surface area contributed by atoms with Crippen LogP contribution in [0.5, 0.6) is 0 Å². The monoisotopic (exact) mass is 316 g/mol. The summed E-state index contributed by atoms with van der Waals surface area (Å²) >= 11 is 1.44. The molecule has 0 saturated carbocycles. The molecule has 0 radical (unpaired) electrons. The van der Waals surface area contributed by atoms with E-state index in [9.17, 15) is 4.79 Å². The number of anilines is 1. The maximum Gasteiger partial charge on any atom is 0.273 e. The number of amides is 1. The van der Waals surface area contributed by atoms with Gasteiger partial charge in [0.1, 0.15) is 10.7 Å². The molecular formula is C16H20N4OS. The Bertz CT molecular complexity index is 684. The van der Waals surface area contributed by atoms with Gasteiger partial charge in [0.25, 0.3) is 5.91 Å². The first-order valence-corrected chi connectivity index (χ1v) is 8.22. The third-order valence-corrected chi connectivity index (χ3v) is 4.89. The zero-order valence-electron chi connectivity index (χ0n) is 12.8. The molecule has 0 spiro atoms. The number of likely N-dealkylation sites (N-methyl/N-ethyl adjacent to an activating group) is 1.